The van der Waals surface area contributed by atoms with Crippen molar-refractivity contribution in [2.24, 2.45) is 0 Å². The number of anilines is 1. The molecule has 0 unspecified atom stereocenters. The highest BCUT2D eigenvalue weighted by atomic mass is 19.1. The molecule has 0 radical (unpaired) electrons. The molecule has 0 aliphatic carbocycles. The van der Waals surface area contributed by atoms with Gasteiger partial charge in [0.05, 0.1) is 7.18 Å². The van der Waals surface area contributed by atoms with E-state index in [9.17, 15) is 4.39 Å². The Morgan fingerprint density at radius 1 is 1.09 bits per heavy atom. The van der Waals surface area contributed by atoms with Crippen molar-refractivity contribution in [2.45, 2.75) is 20.8 Å². The van der Waals surface area contributed by atoms with Gasteiger partial charge >= 0.3 is 0 Å². The molecule has 124 valence electrons. The molecule has 0 aliphatic heterocycles. The maximum Gasteiger partial charge on any atom is 0.0785 e. The van der Waals surface area contributed by atoms with Crippen molar-refractivity contribution in [1.29, 1.82) is 0 Å². The van der Waals surface area contributed by atoms with Crippen molar-refractivity contribution in [1.82, 2.24) is 0 Å². The van der Waals surface area contributed by atoms with Crippen molar-refractivity contribution in [3.63, 3.8) is 0 Å². The van der Waals surface area contributed by atoms with Crippen LogP contribution in [0.2, 0.25) is 0 Å². The first-order chi connectivity index (χ1) is 11.2. The normalized spacial score (nSPS) is 11.8. The van der Waals surface area contributed by atoms with E-state index in [1.54, 1.807) is 0 Å². The van der Waals surface area contributed by atoms with Gasteiger partial charge in [-0.3, -0.25) is 4.39 Å². The molecular formula is C21H28FN. The van der Waals surface area contributed by atoms with E-state index in [2.05, 4.69) is 60.9 Å². The number of hydrogen-bond donors (Lipinski definition) is 0. The summed E-state index contributed by atoms with van der Waals surface area (Å²) in [5, 5.41) is 0. The fraction of sp³-hybridized carbons (Fsp3) is 0.238. The minimum atomic E-state index is 0.500. The zero-order valence-electron chi connectivity index (χ0n) is 14.7. The monoisotopic (exact) mass is 313 g/mol. The number of alkyl halides is 1. The van der Waals surface area contributed by atoms with E-state index in [4.69, 9.17) is 0 Å². The zero-order valence-corrected chi connectivity index (χ0v) is 14.7. The van der Waals surface area contributed by atoms with Crippen LogP contribution in [-0.4, -0.2) is 13.7 Å². The molecule has 1 aromatic carbocycles. The van der Waals surface area contributed by atoms with Gasteiger partial charge in [-0.05, 0) is 44.6 Å². The van der Waals surface area contributed by atoms with E-state index in [1.807, 2.05) is 44.2 Å². The molecule has 1 nitrogen and oxygen atoms in total. The summed E-state index contributed by atoms with van der Waals surface area (Å²) in [4.78, 5) is 2.27. The van der Waals surface area contributed by atoms with Gasteiger partial charge in [0.1, 0.15) is 0 Å². The summed E-state index contributed by atoms with van der Waals surface area (Å²) in [6.07, 6.45) is 16.3. The molecule has 0 bridgehead atoms. The van der Waals surface area contributed by atoms with Gasteiger partial charge in [0, 0.05) is 17.9 Å². The molecule has 0 heterocycles. The maximum absolute atomic E-state index is 9.50. The number of nitrogens with zero attached hydrogens (tertiary/aromatic N) is 1. The summed E-state index contributed by atoms with van der Waals surface area (Å²) >= 11 is 0. The molecule has 23 heavy (non-hydrogen) atoms. The van der Waals surface area contributed by atoms with Crippen LogP contribution >= 0.6 is 0 Å². The lowest BCUT2D eigenvalue weighted by Gasteiger charge is -2.26. The summed E-state index contributed by atoms with van der Waals surface area (Å²) in [5.74, 6) is 0. The van der Waals surface area contributed by atoms with Gasteiger partial charge in [-0.25, -0.2) is 0 Å². The van der Waals surface area contributed by atoms with Crippen molar-refractivity contribution >= 4 is 5.69 Å². The fourth-order valence-electron chi connectivity index (χ4n) is 2.03. The molecule has 0 N–H and O–H groups in total. The Morgan fingerprint density at radius 2 is 1.74 bits per heavy atom. The van der Waals surface area contributed by atoms with E-state index in [0.717, 1.165) is 12.2 Å². The average molecular weight is 313 g/mol. The lowest BCUT2D eigenvalue weighted by Crippen LogP contribution is -2.22. The van der Waals surface area contributed by atoms with E-state index in [1.165, 1.54) is 11.3 Å². The quantitative estimate of drug-likeness (QED) is 0.544. The maximum atomic E-state index is 9.50. The van der Waals surface area contributed by atoms with Crippen LogP contribution in [0.4, 0.5) is 10.1 Å². The van der Waals surface area contributed by atoms with E-state index in [0.29, 0.717) is 7.18 Å². The molecule has 0 spiro atoms. The summed E-state index contributed by atoms with van der Waals surface area (Å²) in [6.45, 7) is 10.9. The van der Waals surface area contributed by atoms with Crippen molar-refractivity contribution in [3.8, 4) is 0 Å². The van der Waals surface area contributed by atoms with Gasteiger partial charge in [-0.1, -0.05) is 61.2 Å². The number of aryl methyl sites for hydroxylation is 1. The molecule has 0 fully saturated rings. The highest BCUT2D eigenvalue weighted by Gasteiger charge is 2.09. The predicted octanol–water partition coefficient (Wildman–Crippen LogP) is 6.17. The Labute approximate surface area is 140 Å². The molecular weight excluding hydrogens is 285 g/mol. The molecule has 1 aromatic rings. The molecule has 1 rings (SSSR count). The summed E-state index contributed by atoms with van der Waals surface area (Å²) < 4.78 is 9.50. The summed E-state index contributed by atoms with van der Waals surface area (Å²) in [6, 6.07) is 8.41. The second kappa shape index (κ2) is 13.3. The Balaban J connectivity index is 0.00000232. The van der Waals surface area contributed by atoms with Crippen LogP contribution in [0, 0.1) is 6.92 Å². The molecule has 0 amide bonds. The second-order valence-corrected chi connectivity index (χ2v) is 4.67. The van der Waals surface area contributed by atoms with Gasteiger partial charge in [0.2, 0.25) is 0 Å². The highest BCUT2D eigenvalue weighted by Crippen LogP contribution is 2.24. The van der Waals surface area contributed by atoms with Gasteiger partial charge in [-0.2, -0.15) is 0 Å². The molecule has 0 saturated heterocycles. The van der Waals surface area contributed by atoms with Crippen LogP contribution in [0.1, 0.15) is 19.4 Å². The smallest absolute Gasteiger partial charge is 0.0785 e. The first kappa shape index (κ1) is 20.7. The zero-order chi connectivity index (χ0) is 17.5. The molecule has 0 aliphatic rings. The van der Waals surface area contributed by atoms with Gasteiger partial charge in [0.15, 0.2) is 0 Å². The Bertz CT molecular complexity index is 565. The SMILES string of the molecule is C=C/C(=C\C=C/C)N(C/C=C\C=C/C)c1ccccc1C.CF. The summed E-state index contributed by atoms with van der Waals surface area (Å²) in [5.41, 5.74) is 3.55. The summed E-state index contributed by atoms with van der Waals surface area (Å²) in [7, 11) is 0.500. The van der Waals surface area contributed by atoms with Gasteiger partial charge in [-0.15, -0.1) is 0 Å². The Morgan fingerprint density at radius 3 is 2.30 bits per heavy atom. The second-order valence-electron chi connectivity index (χ2n) is 4.67. The number of halogens is 1. The first-order valence-electron chi connectivity index (χ1n) is 7.68. The molecule has 2 heteroatoms. The van der Waals surface area contributed by atoms with Gasteiger partial charge in [0.25, 0.3) is 0 Å². The van der Waals surface area contributed by atoms with Crippen LogP contribution < -0.4 is 4.90 Å². The Hall–Kier alpha value is -2.35. The third-order valence-corrected chi connectivity index (χ3v) is 3.11. The highest BCUT2D eigenvalue weighted by molar-refractivity contribution is 5.60. The van der Waals surface area contributed by atoms with Crippen LogP contribution in [-0.2, 0) is 0 Å². The molecule has 0 aromatic heterocycles. The number of benzene rings is 1. The van der Waals surface area contributed by atoms with Crippen LogP contribution in [0.5, 0.6) is 0 Å². The van der Waals surface area contributed by atoms with Crippen LogP contribution in [0.25, 0.3) is 0 Å². The van der Waals surface area contributed by atoms with Crippen LogP contribution in [0.15, 0.2) is 85.1 Å². The molecule has 0 atom stereocenters. The number of hydrogen-bond acceptors (Lipinski definition) is 1. The van der Waals surface area contributed by atoms with Crippen molar-refractivity contribution < 1.29 is 4.39 Å². The van der Waals surface area contributed by atoms with E-state index < -0.39 is 0 Å². The lowest BCUT2D eigenvalue weighted by atomic mass is 10.1. The van der Waals surface area contributed by atoms with Crippen LogP contribution in [0.3, 0.4) is 0 Å². The van der Waals surface area contributed by atoms with E-state index in [-0.39, 0.29) is 0 Å². The topological polar surface area (TPSA) is 3.24 Å². The first-order valence-corrected chi connectivity index (χ1v) is 7.68. The number of rotatable bonds is 7. The van der Waals surface area contributed by atoms with E-state index >= 15 is 0 Å². The number of para-hydroxylation sites is 1. The van der Waals surface area contributed by atoms with Gasteiger partial charge < -0.3 is 4.90 Å². The third kappa shape index (κ3) is 7.46. The minimum Gasteiger partial charge on any atom is -0.337 e. The largest absolute Gasteiger partial charge is 0.337 e. The van der Waals surface area contributed by atoms with Crippen molar-refractivity contribution in [2.75, 3.05) is 18.6 Å². The lowest BCUT2D eigenvalue weighted by molar-refractivity contribution is 0.636. The third-order valence-electron chi connectivity index (χ3n) is 3.11. The Kier molecular flexibility index (Phi) is 12.0. The standard InChI is InChI=1S/C20H25N.CH3F/c1-5-8-10-13-17-21(19(7-3)15-9-6-2)20-16-12-11-14-18(20)4;1-2/h5-16H,3,17H2,1-2,4H3;1H3/b8-5-,9-6-,13-10-,19-15+;. The minimum absolute atomic E-state index is 0.500. The average Bonchev–Trinajstić information content (AvgIpc) is 2.60. The fourth-order valence-corrected chi connectivity index (χ4v) is 2.03. The predicted molar refractivity (Wildman–Crippen MR) is 103 cm³/mol. The number of allylic oxidation sites excluding steroid dienone is 7. The molecule has 0 saturated carbocycles. The van der Waals surface area contributed by atoms with Crippen molar-refractivity contribution in [3.05, 3.63) is 90.7 Å².